The fourth-order valence-electron chi connectivity index (χ4n) is 1.88. The van der Waals surface area contributed by atoms with Gasteiger partial charge >= 0.3 is 0 Å². The molecule has 0 aliphatic carbocycles. The Morgan fingerprint density at radius 1 is 1.29 bits per heavy atom. The monoisotopic (exact) mass is 255 g/mol. The summed E-state index contributed by atoms with van der Waals surface area (Å²) in [6.07, 6.45) is 3.31. The molecule has 0 unspecified atom stereocenters. The lowest BCUT2D eigenvalue weighted by molar-refractivity contribution is 0.162. The molecule has 0 radical (unpaired) electrons. The molecule has 1 aliphatic heterocycles. The van der Waals surface area contributed by atoms with Crippen molar-refractivity contribution in [1.82, 2.24) is 5.32 Å². The second-order valence-corrected chi connectivity index (χ2v) is 6.33. The van der Waals surface area contributed by atoms with Crippen molar-refractivity contribution >= 4 is 9.84 Å². The lowest BCUT2D eigenvalue weighted by atomic mass is 10.1. The Hall–Kier alpha value is -1.07. The van der Waals surface area contributed by atoms with Crippen molar-refractivity contribution in [2.75, 3.05) is 19.3 Å². The molecule has 0 spiro atoms. The highest BCUT2D eigenvalue weighted by Gasteiger charge is 2.15. The first-order valence-corrected chi connectivity index (χ1v) is 7.62. The molecule has 0 saturated carbocycles. The van der Waals surface area contributed by atoms with E-state index in [1.807, 2.05) is 0 Å². The normalized spacial score (nSPS) is 17.9. The van der Waals surface area contributed by atoms with Crippen molar-refractivity contribution in [3.05, 3.63) is 24.3 Å². The highest BCUT2D eigenvalue weighted by molar-refractivity contribution is 7.90. The maximum atomic E-state index is 11.4. The number of hydrogen-bond donors (Lipinski definition) is 1. The first-order chi connectivity index (χ1) is 8.05. The number of ether oxygens (including phenoxy) is 1. The van der Waals surface area contributed by atoms with E-state index in [2.05, 4.69) is 5.32 Å². The van der Waals surface area contributed by atoms with E-state index < -0.39 is 9.84 Å². The van der Waals surface area contributed by atoms with Gasteiger partial charge in [-0.25, -0.2) is 8.42 Å². The van der Waals surface area contributed by atoms with Crippen molar-refractivity contribution < 1.29 is 13.2 Å². The van der Waals surface area contributed by atoms with Crippen LogP contribution in [0.1, 0.15) is 12.8 Å². The third kappa shape index (κ3) is 3.44. The van der Waals surface area contributed by atoms with E-state index in [1.54, 1.807) is 24.3 Å². The number of sulfone groups is 1. The standard InChI is InChI=1S/C12H17NO3S/c1-17(14,15)12-4-2-3-11(9-12)16-10-5-7-13-8-6-10/h2-4,9-10,13H,5-8H2,1H3. The van der Waals surface area contributed by atoms with E-state index in [0.717, 1.165) is 25.9 Å². The molecule has 17 heavy (non-hydrogen) atoms. The van der Waals surface area contributed by atoms with Gasteiger partial charge in [0, 0.05) is 6.26 Å². The molecule has 1 N–H and O–H groups in total. The average molecular weight is 255 g/mol. The summed E-state index contributed by atoms with van der Waals surface area (Å²) in [5, 5.41) is 3.26. The van der Waals surface area contributed by atoms with Crippen LogP contribution in [0.3, 0.4) is 0 Å². The number of rotatable bonds is 3. The largest absolute Gasteiger partial charge is 0.490 e. The van der Waals surface area contributed by atoms with E-state index >= 15 is 0 Å². The predicted molar refractivity (Wildman–Crippen MR) is 66.1 cm³/mol. The molecule has 1 fully saturated rings. The SMILES string of the molecule is CS(=O)(=O)c1cccc(OC2CCNCC2)c1. The quantitative estimate of drug-likeness (QED) is 0.882. The summed E-state index contributed by atoms with van der Waals surface area (Å²) in [6, 6.07) is 6.70. The highest BCUT2D eigenvalue weighted by atomic mass is 32.2. The first-order valence-electron chi connectivity index (χ1n) is 5.73. The summed E-state index contributed by atoms with van der Waals surface area (Å²) in [5.74, 6) is 0.639. The highest BCUT2D eigenvalue weighted by Crippen LogP contribution is 2.20. The Kier molecular flexibility index (Phi) is 3.69. The van der Waals surface area contributed by atoms with Crippen molar-refractivity contribution in [3.8, 4) is 5.75 Å². The smallest absolute Gasteiger partial charge is 0.175 e. The van der Waals surface area contributed by atoms with Crippen LogP contribution in [0.5, 0.6) is 5.75 Å². The molecule has 94 valence electrons. The van der Waals surface area contributed by atoms with E-state index in [-0.39, 0.29) is 6.10 Å². The van der Waals surface area contributed by atoms with E-state index in [1.165, 1.54) is 6.26 Å². The second-order valence-electron chi connectivity index (χ2n) is 4.31. The van der Waals surface area contributed by atoms with Crippen molar-refractivity contribution in [1.29, 1.82) is 0 Å². The van der Waals surface area contributed by atoms with Crippen LogP contribution in [0, 0.1) is 0 Å². The topological polar surface area (TPSA) is 55.4 Å². The Balaban J connectivity index is 2.11. The van der Waals surface area contributed by atoms with Gasteiger partial charge in [0.15, 0.2) is 9.84 Å². The zero-order valence-electron chi connectivity index (χ0n) is 9.85. The van der Waals surface area contributed by atoms with Gasteiger partial charge in [-0.05, 0) is 44.1 Å². The Labute approximate surface area is 102 Å². The summed E-state index contributed by atoms with van der Waals surface area (Å²) in [7, 11) is -3.16. The van der Waals surface area contributed by atoms with Crippen LogP contribution in [-0.2, 0) is 9.84 Å². The first kappa shape index (κ1) is 12.4. The van der Waals surface area contributed by atoms with Gasteiger partial charge in [-0.2, -0.15) is 0 Å². The summed E-state index contributed by atoms with van der Waals surface area (Å²) in [4.78, 5) is 0.309. The molecule has 2 rings (SSSR count). The lowest BCUT2D eigenvalue weighted by Crippen LogP contribution is -2.34. The molecule has 1 aromatic rings. The molecule has 4 nitrogen and oxygen atoms in total. The van der Waals surface area contributed by atoms with Gasteiger partial charge in [0.05, 0.1) is 4.90 Å². The third-order valence-electron chi connectivity index (χ3n) is 2.82. The van der Waals surface area contributed by atoms with Crippen LogP contribution in [0.2, 0.25) is 0 Å². The van der Waals surface area contributed by atoms with Crippen LogP contribution < -0.4 is 10.1 Å². The number of piperidine rings is 1. The Morgan fingerprint density at radius 2 is 2.00 bits per heavy atom. The number of hydrogen-bond acceptors (Lipinski definition) is 4. The summed E-state index contributed by atoms with van der Waals surface area (Å²) < 4.78 is 28.6. The molecule has 1 aromatic carbocycles. The van der Waals surface area contributed by atoms with Crippen LogP contribution >= 0.6 is 0 Å². The van der Waals surface area contributed by atoms with Gasteiger partial charge in [0.2, 0.25) is 0 Å². The zero-order chi connectivity index (χ0) is 12.3. The van der Waals surface area contributed by atoms with E-state index in [0.29, 0.717) is 10.6 Å². The van der Waals surface area contributed by atoms with Crippen molar-refractivity contribution in [2.45, 2.75) is 23.8 Å². The van der Waals surface area contributed by atoms with Gasteiger partial charge in [-0.15, -0.1) is 0 Å². The molecule has 1 heterocycles. The van der Waals surface area contributed by atoms with Crippen molar-refractivity contribution in [3.63, 3.8) is 0 Å². The molecule has 0 amide bonds. The third-order valence-corrected chi connectivity index (χ3v) is 3.93. The van der Waals surface area contributed by atoms with Crippen LogP contribution in [0.4, 0.5) is 0 Å². The predicted octanol–water partition coefficient (Wildman–Crippen LogP) is 1.22. The van der Waals surface area contributed by atoms with Gasteiger partial charge < -0.3 is 10.1 Å². The fourth-order valence-corrected chi connectivity index (χ4v) is 2.54. The zero-order valence-corrected chi connectivity index (χ0v) is 10.7. The molecule has 5 heteroatoms. The maximum absolute atomic E-state index is 11.4. The second kappa shape index (κ2) is 5.06. The molecule has 1 aliphatic rings. The van der Waals surface area contributed by atoms with E-state index in [9.17, 15) is 8.42 Å². The fraction of sp³-hybridized carbons (Fsp3) is 0.500. The molecule has 1 saturated heterocycles. The maximum Gasteiger partial charge on any atom is 0.175 e. The van der Waals surface area contributed by atoms with Gasteiger partial charge in [0.1, 0.15) is 11.9 Å². The minimum absolute atomic E-state index is 0.186. The summed E-state index contributed by atoms with van der Waals surface area (Å²) in [6.45, 7) is 1.91. The van der Waals surface area contributed by atoms with Gasteiger partial charge in [-0.3, -0.25) is 0 Å². The Morgan fingerprint density at radius 3 is 2.65 bits per heavy atom. The molecular formula is C12H17NO3S. The summed E-state index contributed by atoms with van der Waals surface area (Å²) >= 11 is 0. The van der Waals surface area contributed by atoms with Crippen LogP contribution in [-0.4, -0.2) is 33.9 Å². The van der Waals surface area contributed by atoms with Crippen molar-refractivity contribution in [2.24, 2.45) is 0 Å². The molecule has 0 atom stereocenters. The Bertz CT molecular complexity index is 478. The van der Waals surface area contributed by atoms with Crippen LogP contribution in [0.15, 0.2) is 29.2 Å². The number of benzene rings is 1. The minimum atomic E-state index is -3.16. The van der Waals surface area contributed by atoms with Crippen LogP contribution in [0.25, 0.3) is 0 Å². The average Bonchev–Trinajstić information content (AvgIpc) is 2.29. The van der Waals surface area contributed by atoms with E-state index in [4.69, 9.17) is 4.74 Å². The molecular weight excluding hydrogens is 238 g/mol. The molecule has 0 bridgehead atoms. The lowest BCUT2D eigenvalue weighted by Gasteiger charge is -2.23. The minimum Gasteiger partial charge on any atom is -0.490 e. The summed E-state index contributed by atoms with van der Waals surface area (Å²) in [5.41, 5.74) is 0. The number of nitrogens with one attached hydrogen (secondary N) is 1. The molecule has 0 aromatic heterocycles. The van der Waals surface area contributed by atoms with Gasteiger partial charge in [0.25, 0.3) is 0 Å². The van der Waals surface area contributed by atoms with Gasteiger partial charge in [-0.1, -0.05) is 6.07 Å².